The monoisotopic (exact) mass is 486 g/mol. The zero-order chi connectivity index (χ0) is 25.1. The maximum Gasteiger partial charge on any atom is 0.0541 e. The van der Waals surface area contributed by atoms with Gasteiger partial charge in [-0.15, -0.1) is 0 Å². The summed E-state index contributed by atoms with van der Waals surface area (Å²) < 4.78 is 2.36. The predicted octanol–water partition coefficient (Wildman–Crippen LogP) is 9.66. The zero-order valence-electron chi connectivity index (χ0n) is 20.9. The van der Waals surface area contributed by atoms with Gasteiger partial charge in [0, 0.05) is 38.3 Å². The van der Waals surface area contributed by atoms with Gasteiger partial charge in [0.1, 0.15) is 0 Å². The Morgan fingerprint density at radius 3 is 1.83 bits per heavy atom. The Kier molecular flexibility index (Phi) is 6.84. The fraction of sp³-hybridized carbons (Fsp3) is 0.0909. The van der Waals surface area contributed by atoms with Crippen LogP contribution >= 0.6 is 12.6 Å². The van der Waals surface area contributed by atoms with Gasteiger partial charge >= 0.3 is 0 Å². The summed E-state index contributed by atoms with van der Waals surface area (Å²) in [5.74, 6) is 0. The molecule has 0 aliphatic rings. The lowest BCUT2D eigenvalue weighted by Gasteiger charge is -2.08. The van der Waals surface area contributed by atoms with Crippen LogP contribution in [0.1, 0.15) is 13.8 Å². The minimum absolute atomic E-state index is 1.18. The summed E-state index contributed by atoms with van der Waals surface area (Å²) >= 11 is 3.53. The van der Waals surface area contributed by atoms with Gasteiger partial charge < -0.3 is 9.55 Å². The quantitative estimate of drug-likeness (QED) is 0.227. The van der Waals surface area contributed by atoms with Crippen molar-refractivity contribution >= 4 is 56.2 Å². The van der Waals surface area contributed by atoms with Gasteiger partial charge in [0.2, 0.25) is 0 Å². The lowest BCUT2D eigenvalue weighted by atomic mass is 10.0. The molecule has 0 saturated carbocycles. The van der Waals surface area contributed by atoms with E-state index < -0.39 is 0 Å². The van der Waals surface area contributed by atoms with Crippen molar-refractivity contribution in [2.75, 3.05) is 6.26 Å². The second-order valence-electron chi connectivity index (χ2n) is 8.35. The van der Waals surface area contributed by atoms with Crippen LogP contribution in [0.3, 0.4) is 0 Å². The lowest BCUT2D eigenvalue weighted by molar-refractivity contribution is 1.18. The van der Waals surface area contributed by atoms with Gasteiger partial charge in [-0.25, -0.2) is 0 Å². The first-order valence-corrected chi connectivity index (χ1v) is 13.3. The summed E-state index contributed by atoms with van der Waals surface area (Å²) in [5.41, 5.74) is 8.48. The number of H-pyrrole nitrogens is 1. The molecule has 1 N–H and O–H groups in total. The van der Waals surface area contributed by atoms with Crippen LogP contribution in [-0.2, 0) is 0 Å². The van der Waals surface area contributed by atoms with Crippen LogP contribution in [0.15, 0.2) is 115 Å². The normalized spacial score (nSPS) is 10.8. The molecule has 0 spiro atoms. The van der Waals surface area contributed by atoms with E-state index in [-0.39, 0.29) is 0 Å². The highest BCUT2D eigenvalue weighted by molar-refractivity contribution is 7.79. The van der Waals surface area contributed by atoms with E-state index in [9.17, 15) is 0 Å². The first-order valence-electron chi connectivity index (χ1n) is 12.4. The molecular formula is C33H30N2S. The van der Waals surface area contributed by atoms with Gasteiger partial charge in [0.05, 0.1) is 11.0 Å². The molecule has 0 amide bonds. The highest BCUT2D eigenvalue weighted by Crippen LogP contribution is 2.36. The first-order chi connectivity index (χ1) is 17.9. The molecule has 0 aliphatic heterocycles. The standard InChI is InChI=1S/C30H20N2.C2H6.CH4S/c1-2-8-22(9-3-1)32-29-13-7-5-11-24(29)26-19-21(15-17-30(26)32)20-14-16-28-25(18-20)23-10-4-6-12-27(23)31-28;2*1-2/h1-19,31H;1-2H3;2H,1H3. The Hall–Kier alpha value is -3.95. The van der Waals surface area contributed by atoms with E-state index in [1.807, 2.05) is 13.8 Å². The second-order valence-corrected chi connectivity index (χ2v) is 8.35. The van der Waals surface area contributed by atoms with Crippen LogP contribution < -0.4 is 0 Å². The minimum atomic E-state index is 1.18. The van der Waals surface area contributed by atoms with Crippen LogP contribution in [0, 0.1) is 0 Å². The van der Waals surface area contributed by atoms with E-state index in [0.29, 0.717) is 0 Å². The van der Waals surface area contributed by atoms with Crippen LogP contribution in [0.4, 0.5) is 0 Å². The highest BCUT2D eigenvalue weighted by Gasteiger charge is 2.13. The van der Waals surface area contributed by atoms with E-state index in [1.165, 1.54) is 60.4 Å². The van der Waals surface area contributed by atoms with Gasteiger partial charge in [-0.3, -0.25) is 0 Å². The maximum atomic E-state index is 3.53. The number of nitrogens with zero attached hydrogens (tertiary/aromatic N) is 1. The fourth-order valence-corrected chi connectivity index (χ4v) is 5.04. The van der Waals surface area contributed by atoms with Crippen LogP contribution in [-0.4, -0.2) is 15.8 Å². The number of nitrogens with one attached hydrogen (secondary N) is 1. The van der Waals surface area contributed by atoms with Crippen molar-refractivity contribution in [3.63, 3.8) is 0 Å². The molecule has 3 heteroatoms. The molecule has 0 fully saturated rings. The Morgan fingerprint density at radius 1 is 0.500 bits per heavy atom. The molecule has 0 radical (unpaired) electrons. The molecule has 0 atom stereocenters. The Morgan fingerprint density at radius 2 is 1.06 bits per heavy atom. The van der Waals surface area contributed by atoms with Crippen molar-refractivity contribution in [3.8, 4) is 16.8 Å². The number of aromatic amines is 1. The summed E-state index contributed by atoms with van der Waals surface area (Å²) in [6.07, 6.45) is 1.69. The van der Waals surface area contributed by atoms with Gasteiger partial charge in [-0.1, -0.05) is 80.6 Å². The van der Waals surface area contributed by atoms with Crippen LogP contribution in [0.5, 0.6) is 0 Å². The average Bonchev–Trinajstić information content (AvgIpc) is 3.50. The maximum absolute atomic E-state index is 3.53. The number of hydrogen-bond donors (Lipinski definition) is 2. The molecule has 0 unspecified atom stereocenters. The largest absolute Gasteiger partial charge is 0.355 e. The van der Waals surface area contributed by atoms with E-state index in [1.54, 1.807) is 6.26 Å². The van der Waals surface area contributed by atoms with Crippen molar-refractivity contribution in [3.05, 3.63) is 115 Å². The van der Waals surface area contributed by atoms with Gasteiger partial charge in [0.25, 0.3) is 0 Å². The zero-order valence-corrected chi connectivity index (χ0v) is 21.8. The molecule has 7 rings (SSSR count). The second kappa shape index (κ2) is 10.3. The Bertz CT molecular complexity index is 1770. The molecule has 7 aromatic rings. The van der Waals surface area contributed by atoms with Crippen molar-refractivity contribution in [2.45, 2.75) is 13.8 Å². The molecule has 2 heterocycles. The third-order valence-electron chi connectivity index (χ3n) is 6.53. The molecule has 36 heavy (non-hydrogen) atoms. The summed E-state index contributed by atoms with van der Waals surface area (Å²) in [6, 6.07) is 41.4. The average molecular weight is 487 g/mol. The Labute approximate surface area is 217 Å². The summed E-state index contributed by atoms with van der Waals surface area (Å²) in [5, 5.41) is 5.10. The third kappa shape index (κ3) is 3.96. The highest BCUT2D eigenvalue weighted by atomic mass is 32.1. The van der Waals surface area contributed by atoms with Crippen molar-refractivity contribution in [1.29, 1.82) is 0 Å². The minimum Gasteiger partial charge on any atom is -0.355 e. The number of fused-ring (bicyclic) bond motifs is 6. The van der Waals surface area contributed by atoms with E-state index in [4.69, 9.17) is 0 Å². The molecule has 0 bridgehead atoms. The summed E-state index contributed by atoms with van der Waals surface area (Å²) in [7, 11) is 0. The van der Waals surface area contributed by atoms with Crippen molar-refractivity contribution in [1.82, 2.24) is 9.55 Å². The molecule has 5 aromatic carbocycles. The Balaban J connectivity index is 0.000000637. The molecule has 0 saturated heterocycles. The summed E-state index contributed by atoms with van der Waals surface area (Å²) in [6.45, 7) is 4.00. The lowest BCUT2D eigenvalue weighted by Crippen LogP contribution is -1.92. The number of rotatable bonds is 2. The van der Waals surface area contributed by atoms with E-state index >= 15 is 0 Å². The third-order valence-corrected chi connectivity index (χ3v) is 6.53. The van der Waals surface area contributed by atoms with Crippen LogP contribution in [0.25, 0.3) is 60.4 Å². The van der Waals surface area contributed by atoms with Gasteiger partial charge in [0.15, 0.2) is 0 Å². The summed E-state index contributed by atoms with van der Waals surface area (Å²) in [4.78, 5) is 3.53. The van der Waals surface area contributed by atoms with Crippen LogP contribution in [0.2, 0.25) is 0 Å². The molecule has 2 aromatic heterocycles. The van der Waals surface area contributed by atoms with Crippen molar-refractivity contribution in [2.24, 2.45) is 0 Å². The smallest absolute Gasteiger partial charge is 0.0541 e. The molecule has 2 nitrogen and oxygen atoms in total. The first kappa shape index (κ1) is 23.8. The number of benzene rings is 5. The van der Waals surface area contributed by atoms with Gasteiger partial charge in [-0.05, 0) is 65.9 Å². The molecular weight excluding hydrogens is 456 g/mol. The predicted molar refractivity (Wildman–Crippen MR) is 162 cm³/mol. The van der Waals surface area contributed by atoms with Gasteiger partial charge in [-0.2, -0.15) is 12.6 Å². The number of aromatic nitrogens is 2. The fourth-order valence-electron chi connectivity index (χ4n) is 5.04. The number of thiol groups is 1. The number of hydrogen-bond acceptors (Lipinski definition) is 1. The number of para-hydroxylation sites is 3. The molecule has 0 aliphatic carbocycles. The SMILES string of the molecule is CC.CS.c1ccc(-n2c3ccccc3c3cc(-c4ccc5[nH]c6ccccc6c5c4)ccc32)cc1. The van der Waals surface area contributed by atoms with Crippen molar-refractivity contribution < 1.29 is 0 Å². The van der Waals surface area contributed by atoms with E-state index in [0.717, 1.165) is 0 Å². The molecule has 178 valence electrons. The topological polar surface area (TPSA) is 20.7 Å². The van der Waals surface area contributed by atoms with E-state index in [2.05, 4.69) is 137 Å².